The number of rotatable bonds is 8. The fraction of sp³-hybridized carbons (Fsp3) is 0.185. The third kappa shape index (κ3) is 5.07. The van der Waals surface area contributed by atoms with E-state index in [-0.39, 0.29) is 11.8 Å². The summed E-state index contributed by atoms with van der Waals surface area (Å²) in [5, 5.41) is 7.16. The molecule has 0 aliphatic heterocycles. The van der Waals surface area contributed by atoms with Crippen LogP contribution in [-0.2, 0) is 4.79 Å². The van der Waals surface area contributed by atoms with Gasteiger partial charge in [0, 0.05) is 29.6 Å². The van der Waals surface area contributed by atoms with Crippen LogP contribution in [0.3, 0.4) is 0 Å². The number of aromatic nitrogens is 1. The van der Waals surface area contributed by atoms with Crippen LogP contribution in [0.25, 0.3) is 10.9 Å². The smallest absolute Gasteiger partial charge is 0.253 e. The molecule has 6 nitrogen and oxygen atoms in total. The van der Waals surface area contributed by atoms with Gasteiger partial charge in [0.1, 0.15) is 11.8 Å². The minimum Gasteiger partial charge on any atom is -0.497 e. The minimum absolute atomic E-state index is 0.0996. The number of hydrogen-bond acceptors (Lipinski definition) is 3. The number of hydrogen-bond donors (Lipinski definition) is 3. The maximum absolute atomic E-state index is 12.9. The minimum atomic E-state index is -0.733. The molecule has 0 bridgehead atoms. The average Bonchev–Trinajstić information content (AvgIpc) is 3.28. The molecule has 0 aliphatic rings. The molecule has 34 heavy (non-hydrogen) atoms. The number of fused-ring (bicyclic) bond motifs is 1. The number of carbonyl (C=O) groups is 2. The van der Waals surface area contributed by atoms with Gasteiger partial charge in [0.15, 0.2) is 0 Å². The van der Waals surface area contributed by atoms with Crippen molar-refractivity contribution >= 4 is 34.3 Å². The van der Waals surface area contributed by atoms with Crippen molar-refractivity contribution in [1.29, 1.82) is 0 Å². The van der Waals surface area contributed by atoms with Crippen molar-refractivity contribution in [2.75, 3.05) is 13.7 Å². The second-order valence-corrected chi connectivity index (χ2v) is 8.44. The van der Waals surface area contributed by atoms with Crippen LogP contribution in [0.4, 0.5) is 0 Å². The Hall–Kier alpha value is -3.77. The first-order valence-corrected chi connectivity index (χ1v) is 11.4. The molecule has 174 valence electrons. The van der Waals surface area contributed by atoms with Crippen molar-refractivity contribution in [3.05, 3.63) is 101 Å². The van der Waals surface area contributed by atoms with Gasteiger partial charge in [-0.2, -0.15) is 0 Å². The van der Waals surface area contributed by atoms with E-state index in [2.05, 4.69) is 21.7 Å². The topological polar surface area (TPSA) is 83.2 Å². The zero-order valence-corrected chi connectivity index (χ0v) is 19.7. The Morgan fingerprint density at radius 2 is 1.71 bits per heavy atom. The molecular weight excluding hydrogens is 450 g/mol. The first-order chi connectivity index (χ1) is 16.5. The number of H-pyrrole nitrogens is 1. The molecule has 1 aromatic heterocycles. The normalized spacial score (nSPS) is 12.7. The molecular formula is C27H26ClN3O3. The average molecular weight is 476 g/mol. The maximum Gasteiger partial charge on any atom is 0.253 e. The number of para-hydroxylation sites is 1. The molecule has 0 fully saturated rings. The van der Waals surface area contributed by atoms with E-state index in [1.54, 1.807) is 38.3 Å². The van der Waals surface area contributed by atoms with Gasteiger partial charge in [0.05, 0.1) is 17.7 Å². The van der Waals surface area contributed by atoms with E-state index in [4.69, 9.17) is 16.3 Å². The lowest BCUT2D eigenvalue weighted by Gasteiger charge is -2.21. The van der Waals surface area contributed by atoms with Crippen molar-refractivity contribution in [2.45, 2.75) is 18.9 Å². The van der Waals surface area contributed by atoms with Gasteiger partial charge in [-0.05, 0) is 48.4 Å². The number of nitrogens with one attached hydrogen (secondary N) is 3. The van der Waals surface area contributed by atoms with Crippen LogP contribution in [0.2, 0.25) is 5.02 Å². The third-order valence-electron chi connectivity index (χ3n) is 5.85. The van der Waals surface area contributed by atoms with Gasteiger partial charge >= 0.3 is 0 Å². The van der Waals surface area contributed by atoms with E-state index in [0.29, 0.717) is 17.1 Å². The van der Waals surface area contributed by atoms with Gasteiger partial charge < -0.3 is 20.4 Å². The number of aromatic amines is 1. The van der Waals surface area contributed by atoms with Crippen molar-refractivity contribution in [1.82, 2.24) is 15.6 Å². The van der Waals surface area contributed by atoms with Gasteiger partial charge in [-0.25, -0.2) is 0 Å². The molecule has 1 heterocycles. The summed E-state index contributed by atoms with van der Waals surface area (Å²) < 4.78 is 5.30. The van der Waals surface area contributed by atoms with Crippen molar-refractivity contribution in [2.24, 2.45) is 0 Å². The van der Waals surface area contributed by atoms with E-state index >= 15 is 0 Å². The van der Waals surface area contributed by atoms with Crippen LogP contribution in [0.1, 0.15) is 34.3 Å². The third-order valence-corrected chi connectivity index (χ3v) is 6.18. The summed E-state index contributed by atoms with van der Waals surface area (Å²) in [4.78, 5) is 28.7. The highest BCUT2D eigenvalue weighted by Crippen LogP contribution is 2.31. The van der Waals surface area contributed by atoms with Crippen molar-refractivity contribution in [3.8, 4) is 5.75 Å². The Morgan fingerprint density at radius 1 is 1.00 bits per heavy atom. The standard InChI is InChI=1S/C27H26ClN3O3/c1-17(31-27(33)21-8-3-5-9-24(21)28)26(32)30-15-22(18-11-13-19(34-2)14-12-18)23-16-29-25-10-6-4-7-20(23)25/h3-14,16-17,22,29H,15H2,1-2H3,(H,30,32)(H,31,33). The maximum atomic E-state index is 12.9. The lowest BCUT2D eigenvalue weighted by atomic mass is 9.90. The quantitative estimate of drug-likeness (QED) is 0.339. The van der Waals surface area contributed by atoms with Crippen molar-refractivity contribution < 1.29 is 14.3 Å². The predicted octanol–water partition coefficient (Wildman–Crippen LogP) is 4.90. The lowest BCUT2D eigenvalue weighted by Crippen LogP contribution is -2.45. The van der Waals surface area contributed by atoms with Crippen LogP contribution < -0.4 is 15.4 Å². The van der Waals surface area contributed by atoms with Crippen LogP contribution in [0, 0.1) is 0 Å². The Balaban J connectivity index is 1.51. The highest BCUT2D eigenvalue weighted by atomic mass is 35.5. The van der Waals surface area contributed by atoms with Crippen LogP contribution in [-0.4, -0.2) is 36.5 Å². The van der Waals surface area contributed by atoms with E-state index in [1.165, 1.54) is 0 Å². The van der Waals surface area contributed by atoms with Crippen molar-refractivity contribution in [3.63, 3.8) is 0 Å². The number of ether oxygens (including phenoxy) is 1. The molecule has 0 spiro atoms. The molecule has 0 saturated carbocycles. The molecule has 0 aliphatic carbocycles. The fourth-order valence-electron chi connectivity index (χ4n) is 3.97. The molecule has 2 unspecified atom stereocenters. The Morgan fingerprint density at radius 3 is 2.44 bits per heavy atom. The molecule has 0 saturated heterocycles. The van der Waals surface area contributed by atoms with Gasteiger partial charge in [-0.3, -0.25) is 9.59 Å². The largest absolute Gasteiger partial charge is 0.497 e. The van der Waals surface area contributed by atoms with E-state index in [0.717, 1.165) is 27.8 Å². The molecule has 2 amide bonds. The molecule has 3 N–H and O–H groups in total. The van der Waals surface area contributed by atoms with Crippen LogP contribution >= 0.6 is 11.6 Å². The summed E-state index contributed by atoms with van der Waals surface area (Å²) in [6, 6.07) is 21.9. The Labute approximate surface area is 203 Å². The highest BCUT2D eigenvalue weighted by Gasteiger charge is 2.22. The lowest BCUT2D eigenvalue weighted by molar-refractivity contribution is -0.122. The first-order valence-electron chi connectivity index (χ1n) is 11.0. The molecule has 4 rings (SSSR count). The van der Waals surface area contributed by atoms with E-state index in [1.807, 2.05) is 48.7 Å². The highest BCUT2D eigenvalue weighted by molar-refractivity contribution is 6.33. The zero-order valence-electron chi connectivity index (χ0n) is 19.0. The molecule has 4 aromatic rings. The monoisotopic (exact) mass is 475 g/mol. The Bertz CT molecular complexity index is 1300. The number of amides is 2. The number of methoxy groups -OCH3 is 1. The second-order valence-electron chi connectivity index (χ2n) is 8.04. The zero-order chi connectivity index (χ0) is 24.1. The summed E-state index contributed by atoms with van der Waals surface area (Å²) in [5.41, 5.74) is 3.48. The van der Waals surface area contributed by atoms with Gasteiger partial charge in [-0.15, -0.1) is 0 Å². The van der Waals surface area contributed by atoms with Crippen LogP contribution in [0.15, 0.2) is 79.0 Å². The predicted molar refractivity (Wildman–Crippen MR) is 135 cm³/mol. The first kappa shape index (κ1) is 23.4. The molecule has 0 radical (unpaired) electrons. The fourth-order valence-corrected chi connectivity index (χ4v) is 4.19. The van der Waals surface area contributed by atoms with Gasteiger partial charge in [0.2, 0.25) is 5.91 Å². The van der Waals surface area contributed by atoms with E-state index < -0.39 is 11.9 Å². The number of halogens is 1. The van der Waals surface area contributed by atoms with Gasteiger partial charge in [0.25, 0.3) is 5.91 Å². The molecule has 2 atom stereocenters. The van der Waals surface area contributed by atoms with Crippen LogP contribution in [0.5, 0.6) is 5.75 Å². The number of benzene rings is 3. The van der Waals surface area contributed by atoms with Gasteiger partial charge in [-0.1, -0.05) is 54.1 Å². The molecule has 7 heteroatoms. The second kappa shape index (κ2) is 10.4. The SMILES string of the molecule is COc1ccc(C(CNC(=O)C(C)NC(=O)c2ccccc2Cl)c2c[nH]c3ccccc23)cc1. The summed E-state index contributed by atoms with van der Waals surface area (Å²) in [5.74, 6) is -0.00538. The number of carbonyl (C=O) groups excluding carboxylic acids is 2. The molecule has 3 aromatic carbocycles. The summed E-state index contributed by atoms with van der Waals surface area (Å²) in [6.07, 6.45) is 1.98. The summed E-state index contributed by atoms with van der Waals surface area (Å²) >= 11 is 6.11. The van der Waals surface area contributed by atoms with E-state index in [9.17, 15) is 9.59 Å². The summed E-state index contributed by atoms with van der Waals surface area (Å²) in [7, 11) is 1.63. The Kier molecular flexibility index (Phi) is 7.18. The summed E-state index contributed by atoms with van der Waals surface area (Å²) in [6.45, 7) is 2.01.